The standard InChI is InChI=1S/C13H11FN/c14-12-8-6-11(7-9-12)10-15-13-4-2-1-3-5-13/h1-4,6-9,15H,10H2. The zero-order chi connectivity index (χ0) is 10.5. The van der Waals surface area contributed by atoms with Gasteiger partial charge in [0.15, 0.2) is 0 Å². The lowest BCUT2D eigenvalue weighted by atomic mass is 10.2. The molecular weight excluding hydrogens is 189 g/mol. The Morgan fingerprint density at radius 3 is 2.53 bits per heavy atom. The van der Waals surface area contributed by atoms with E-state index in [2.05, 4.69) is 11.4 Å². The molecule has 0 unspecified atom stereocenters. The number of anilines is 1. The molecule has 2 heteroatoms. The third kappa shape index (κ3) is 2.81. The van der Waals surface area contributed by atoms with E-state index in [0.29, 0.717) is 6.54 Å². The zero-order valence-electron chi connectivity index (χ0n) is 8.20. The van der Waals surface area contributed by atoms with Crippen LogP contribution in [0.15, 0.2) is 48.5 Å². The molecule has 2 aromatic carbocycles. The molecule has 0 aromatic heterocycles. The highest BCUT2D eigenvalue weighted by Crippen LogP contribution is 2.08. The summed E-state index contributed by atoms with van der Waals surface area (Å²) in [5.41, 5.74) is 2.00. The molecule has 1 radical (unpaired) electrons. The van der Waals surface area contributed by atoms with Gasteiger partial charge in [0.2, 0.25) is 0 Å². The third-order valence-corrected chi connectivity index (χ3v) is 2.11. The first-order valence-corrected chi connectivity index (χ1v) is 4.79. The summed E-state index contributed by atoms with van der Waals surface area (Å²) in [5, 5.41) is 3.20. The van der Waals surface area contributed by atoms with Crippen LogP contribution >= 0.6 is 0 Å². The molecule has 2 aromatic rings. The first-order chi connectivity index (χ1) is 7.34. The van der Waals surface area contributed by atoms with E-state index in [0.717, 1.165) is 11.3 Å². The fourth-order valence-corrected chi connectivity index (χ4v) is 1.30. The first kappa shape index (κ1) is 9.71. The molecule has 1 N–H and O–H groups in total. The van der Waals surface area contributed by atoms with Gasteiger partial charge in [0.1, 0.15) is 5.82 Å². The second-order valence-corrected chi connectivity index (χ2v) is 3.26. The monoisotopic (exact) mass is 200 g/mol. The van der Waals surface area contributed by atoms with Gasteiger partial charge in [-0.25, -0.2) is 4.39 Å². The third-order valence-electron chi connectivity index (χ3n) is 2.11. The summed E-state index contributed by atoms with van der Waals surface area (Å²) in [6.45, 7) is 0.681. The summed E-state index contributed by atoms with van der Waals surface area (Å²) < 4.78 is 12.6. The topological polar surface area (TPSA) is 12.0 Å². The van der Waals surface area contributed by atoms with Crippen molar-refractivity contribution in [3.8, 4) is 0 Å². The fraction of sp³-hybridized carbons (Fsp3) is 0.0769. The van der Waals surface area contributed by atoms with Crippen molar-refractivity contribution in [2.24, 2.45) is 0 Å². The summed E-state index contributed by atoms with van der Waals surface area (Å²) >= 11 is 0. The van der Waals surface area contributed by atoms with Crippen LogP contribution in [0.3, 0.4) is 0 Å². The van der Waals surface area contributed by atoms with Crippen molar-refractivity contribution in [3.63, 3.8) is 0 Å². The van der Waals surface area contributed by atoms with Crippen LogP contribution in [-0.2, 0) is 6.54 Å². The van der Waals surface area contributed by atoms with Crippen molar-refractivity contribution in [3.05, 3.63) is 66.0 Å². The molecule has 0 aliphatic heterocycles. The van der Waals surface area contributed by atoms with Gasteiger partial charge in [-0.1, -0.05) is 30.3 Å². The summed E-state index contributed by atoms with van der Waals surface area (Å²) in [5.74, 6) is -0.204. The van der Waals surface area contributed by atoms with E-state index in [1.54, 1.807) is 12.1 Å². The molecular formula is C13H11FN. The lowest BCUT2D eigenvalue weighted by Crippen LogP contribution is -1.98. The van der Waals surface area contributed by atoms with Crippen LogP contribution in [0.2, 0.25) is 0 Å². The van der Waals surface area contributed by atoms with Crippen LogP contribution in [0, 0.1) is 11.9 Å². The van der Waals surface area contributed by atoms with Gasteiger partial charge in [0, 0.05) is 18.3 Å². The average molecular weight is 200 g/mol. The Morgan fingerprint density at radius 2 is 1.87 bits per heavy atom. The number of rotatable bonds is 3. The highest BCUT2D eigenvalue weighted by molar-refractivity contribution is 5.41. The van der Waals surface area contributed by atoms with E-state index in [9.17, 15) is 4.39 Å². The van der Waals surface area contributed by atoms with Crippen LogP contribution < -0.4 is 5.32 Å². The molecule has 15 heavy (non-hydrogen) atoms. The molecule has 0 aliphatic carbocycles. The quantitative estimate of drug-likeness (QED) is 0.802. The molecule has 1 nitrogen and oxygen atoms in total. The van der Waals surface area contributed by atoms with Crippen LogP contribution in [0.4, 0.5) is 10.1 Å². The van der Waals surface area contributed by atoms with Crippen molar-refractivity contribution in [2.45, 2.75) is 6.54 Å². The van der Waals surface area contributed by atoms with E-state index >= 15 is 0 Å². The van der Waals surface area contributed by atoms with Crippen molar-refractivity contribution < 1.29 is 4.39 Å². The number of para-hydroxylation sites is 1. The molecule has 0 heterocycles. The van der Waals surface area contributed by atoms with Crippen LogP contribution in [0.1, 0.15) is 5.56 Å². The van der Waals surface area contributed by atoms with E-state index in [-0.39, 0.29) is 5.82 Å². The summed E-state index contributed by atoms with van der Waals surface area (Å²) in [7, 11) is 0. The predicted molar refractivity (Wildman–Crippen MR) is 59.0 cm³/mol. The Kier molecular flexibility index (Phi) is 2.98. The Bertz CT molecular complexity index is 408. The number of halogens is 1. The number of benzene rings is 2. The molecule has 0 saturated heterocycles. The molecule has 0 aliphatic rings. The summed E-state index contributed by atoms with van der Waals surface area (Å²) in [4.78, 5) is 0. The molecule has 2 rings (SSSR count). The Labute approximate surface area is 88.6 Å². The Hall–Kier alpha value is -1.83. The highest BCUT2D eigenvalue weighted by atomic mass is 19.1. The minimum atomic E-state index is -0.204. The van der Waals surface area contributed by atoms with Gasteiger partial charge in [-0.2, -0.15) is 0 Å². The van der Waals surface area contributed by atoms with E-state index in [1.165, 1.54) is 12.1 Å². The van der Waals surface area contributed by atoms with Crippen LogP contribution in [-0.4, -0.2) is 0 Å². The number of hydrogen-bond donors (Lipinski definition) is 1. The van der Waals surface area contributed by atoms with Gasteiger partial charge in [0.25, 0.3) is 0 Å². The number of hydrogen-bond acceptors (Lipinski definition) is 1. The largest absolute Gasteiger partial charge is 0.380 e. The second kappa shape index (κ2) is 4.60. The second-order valence-electron chi connectivity index (χ2n) is 3.26. The van der Waals surface area contributed by atoms with Gasteiger partial charge in [-0.3, -0.25) is 0 Å². The van der Waals surface area contributed by atoms with Gasteiger partial charge in [0.05, 0.1) is 0 Å². The predicted octanol–water partition coefficient (Wildman–Crippen LogP) is 3.24. The molecule has 0 spiro atoms. The average Bonchev–Trinajstić information content (AvgIpc) is 2.30. The lowest BCUT2D eigenvalue weighted by molar-refractivity contribution is 0.627. The summed E-state index contributed by atoms with van der Waals surface area (Å²) in [6.07, 6.45) is 0. The van der Waals surface area contributed by atoms with E-state index in [1.807, 2.05) is 24.3 Å². The molecule has 0 bridgehead atoms. The minimum Gasteiger partial charge on any atom is -0.380 e. The van der Waals surface area contributed by atoms with Crippen LogP contribution in [0.25, 0.3) is 0 Å². The van der Waals surface area contributed by atoms with E-state index in [4.69, 9.17) is 0 Å². The Balaban J connectivity index is 1.96. The summed E-state index contributed by atoms with van der Waals surface area (Å²) in [6, 6.07) is 17.2. The van der Waals surface area contributed by atoms with Gasteiger partial charge >= 0.3 is 0 Å². The normalized spacial score (nSPS) is 9.93. The van der Waals surface area contributed by atoms with Crippen LogP contribution in [0.5, 0.6) is 0 Å². The molecule has 75 valence electrons. The molecule has 0 saturated carbocycles. The van der Waals surface area contributed by atoms with Crippen molar-refractivity contribution >= 4 is 5.69 Å². The maximum atomic E-state index is 12.6. The number of nitrogens with one attached hydrogen (secondary N) is 1. The van der Waals surface area contributed by atoms with E-state index < -0.39 is 0 Å². The molecule has 0 fully saturated rings. The minimum absolute atomic E-state index is 0.204. The zero-order valence-corrected chi connectivity index (χ0v) is 8.20. The van der Waals surface area contributed by atoms with Gasteiger partial charge in [-0.05, 0) is 23.8 Å². The maximum Gasteiger partial charge on any atom is 0.123 e. The molecule has 0 atom stereocenters. The maximum absolute atomic E-state index is 12.6. The SMILES string of the molecule is Fc1ccc(CNc2[c]cccc2)cc1. The van der Waals surface area contributed by atoms with Crippen molar-refractivity contribution in [1.82, 2.24) is 0 Å². The van der Waals surface area contributed by atoms with Gasteiger partial charge < -0.3 is 5.32 Å². The first-order valence-electron chi connectivity index (χ1n) is 4.79. The fourth-order valence-electron chi connectivity index (χ4n) is 1.30. The molecule has 0 amide bonds. The van der Waals surface area contributed by atoms with Crippen molar-refractivity contribution in [2.75, 3.05) is 5.32 Å². The van der Waals surface area contributed by atoms with Crippen molar-refractivity contribution in [1.29, 1.82) is 0 Å². The lowest BCUT2D eigenvalue weighted by Gasteiger charge is -2.05. The van der Waals surface area contributed by atoms with Gasteiger partial charge in [-0.15, -0.1) is 0 Å². The smallest absolute Gasteiger partial charge is 0.123 e. The highest BCUT2D eigenvalue weighted by Gasteiger charge is 1.94. The Morgan fingerprint density at radius 1 is 1.07 bits per heavy atom.